The minimum atomic E-state index is -0.192. The minimum Gasteiger partial charge on any atom is -0.340 e. The van der Waals surface area contributed by atoms with E-state index in [0.717, 1.165) is 18.7 Å². The lowest BCUT2D eigenvalue weighted by Gasteiger charge is -2.31. The van der Waals surface area contributed by atoms with Gasteiger partial charge in [-0.15, -0.1) is 0 Å². The average molecular weight is 338 g/mol. The van der Waals surface area contributed by atoms with Gasteiger partial charge in [-0.1, -0.05) is 12.1 Å². The number of nitrogens with zero attached hydrogens (tertiary/aromatic N) is 5. The molecule has 25 heavy (non-hydrogen) atoms. The molecule has 0 bridgehead atoms. The highest BCUT2D eigenvalue weighted by Gasteiger charge is 2.26. The first kappa shape index (κ1) is 15.5. The number of benzene rings is 1. The zero-order valence-corrected chi connectivity index (χ0v) is 13.6. The molecule has 1 amide bonds. The lowest BCUT2D eigenvalue weighted by atomic mass is 9.97. The summed E-state index contributed by atoms with van der Waals surface area (Å²) in [5.74, 6) is 0.886. The van der Waals surface area contributed by atoms with E-state index in [2.05, 4.69) is 20.2 Å². The van der Waals surface area contributed by atoms with Crippen molar-refractivity contribution in [3.63, 3.8) is 0 Å². The molecular formula is C17H18N6O2. The molecule has 128 valence electrons. The highest BCUT2D eigenvalue weighted by Crippen LogP contribution is 2.24. The van der Waals surface area contributed by atoms with Crippen LogP contribution in [-0.4, -0.2) is 48.6 Å². The van der Waals surface area contributed by atoms with Crippen LogP contribution < -0.4 is 5.56 Å². The summed E-state index contributed by atoms with van der Waals surface area (Å²) in [4.78, 5) is 35.4. The van der Waals surface area contributed by atoms with E-state index in [4.69, 9.17) is 0 Å². The maximum atomic E-state index is 12.7. The van der Waals surface area contributed by atoms with Crippen LogP contribution >= 0.6 is 0 Å². The number of carbonyl (C=O) groups excluding carboxylic acids is 1. The summed E-state index contributed by atoms with van der Waals surface area (Å²) in [6, 6.07) is 7.15. The summed E-state index contributed by atoms with van der Waals surface area (Å²) < 4.78 is 1.38. The summed E-state index contributed by atoms with van der Waals surface area (Å²) in [5, 5.41) is 7.29. The quantitative estimate of drug-likeness (QED) is 0.766. The van der Waals surface area contributed by atoms with Gasteiger partial charge in [-0.25, -0.2) is 9.97 Å². The summed E-state index contributed by atoms with van der Waals surface area (Å²) in [5.41, 5.74) is 0.447. The lowest BCUT2D eigenvalue weighted by Crippen LogP contribution is -2.42. The van der Waals surface area contributed by atoms with Crippen LogP contribution in [0.25, 0.3) is 10.9 Å². The number of hydrogen-bond acceptors (Lipinski definition) is 5. The molecule has 1 fully saturated rings. The molecular weight excluding hydrogens is 320 g/mol. The third-order valence-electron chi connectivity index (χ3n) is 4.63. The number of likely N-dealkylation sites (tertiary alicyclic amines) is 1. The van der Waals surface area contributed by atoms with Crippen LogP contribution in [0.1, 0.15) is 24.6 Å². The second kappa shape index (κ2) is 6.46. The van der Waals surface area contributed by atoms with Crippen molar-refractivity contribution in [3.05, 3.63) is 53.1 Å². The van der Waals surface area contributed by atoms with Gasteiger partial charge in [-0.3, -0.25) is 19.3 Å². The Morgan fingerprint density at radius 3 is 3.00 bits per heavy atom. The van der Waals surface area contributed by atoms with Crippen molar-refractivity contribution in [2.75, 3.05) is 13.1 Å². The van der Waals surface area contributed by atoms with Gasteiger partial charge in [0, 0.05) is 19.0 Å². The number of para-hydroxylation sites is 1. The van der Waals surface area contributed by atoms with Crippen molar-refractivity contribution in [3.8, 4) is 0 Å². The Labute approximate surface area is 143 Å². The number of piperidine rings is 1. The predicted octanol–water partition coefficient (Wildman–Crippen LogP) is 0.921. The molecule has 1 atom stereocenters. The Bertz CT molecular complexity index is 949. The van der Waals surface area contributed by atoms with Crippen LogP contribution in [-0.2, 0) is 11.3 Å². The summed E-state index contributed by atoms with van der Waals surface area (Å²) in [6.07, 6.45) is 4.80. The van der Waals surface area contributed by atoms with Crippen LogP contribution in [0.15, 0.2) is 41.7 Å². The van der Waals surface area contributed by atoms with Crippen LogP contribution in [0.4, 0.5) is 0 Å². The molecule has 1 saturated heterocycles. The van der Waals surface area contributed by atoms with Gasteiger partial charge in [0.15, 0.2) is 0 Å². The van der Waals surface area contributed by atoms with E-state index in [-0.39, 0.29) is 23.9 Å². The van der Waals surface area contributed by atoms with Crippen LogP contribution in [0, 0.1) is 0 Å². The maximum absolute atomic E-state index is 12.7. The molecule has 8 nitrogen and oxygen atoms in total. The van der Waals surface area contributed by atoms with E-state index in [1.165, 1.54) is 17.2 Å². The van der Waals surface area contributed by atoms with E-state index in [1.807, 2.05) is 6.07 Å². The molecule has 0 radical (unpaired) electrons. The fourth-order valence-electron chi connectivity index (χ4n) is 3.30. The Hall–Kier alpha value is -3.03. The molecule has 2 aromatic heterocycles. The Morgan fingerprint density at radius 2 is 2.16 bits per heavy atom. The topological polar surface area (TPSA) is 96.8 Å². The Morgan fingerprint density at radius 1 is 1.28 bits per heavy atom. The second-order valence-corrected chi connectivity index (χ2v) is 6.24. The lowest BCUT2D eigenvalue weighted by molar-refractivity contribution is -0.133. The molecule has 0 aliphatic carbocycles. The molecule has 3 aromatic rings. The number of rotatable bonds is 3. The molecule has 1 N–H and O–H groups in total. The van der Waals surface area contributed by atoms with Crippen LogP contribution in [0.2, 0.25) is 0 Å². The third kappa shape index (κ3) is 3.02. The van der Waals surface area contributed by atoms with E-state index in [0.29, 0.717) is 24.0 Å². The molecule has 3 heterocycles. The van der Waals surface area contributed by atoms with Crippen molar-refractivity contribution < 1.29 is 4.79 Å². The number of amides is 1. The Balaban J connectivity index is 1.52. The van der Waals surface area contributed by atoms with Crippen molar-refractivity contribution >= 4 is 16.8 Å². The predicted molar refractivity (Wildman–Crippen MR) is 90.9 cm³/mol. The maximum Gasteiger partial charge on any atom is 0.261 e. The molecule has 8 heteroatoms. The van der Waals surface area contributed by atoms with E-state index in [9.17, 15) is 9.59 Å². The summed E-state index contributed by atoms with van der Waals surface area (Å²) in [6.45, 7) is 1.28. The van der Waals surface area contributed by atoms with Gasteiger partial charge in [-0.05, 0) is 25.0 Å². The molecule has 4 rings (SSSR count). The number of hydrogen-bond donors (Lipinski definition) is 1. The van der Waals surface area contributed by atoms with Gasteiger partial charge in [0.25, 0.3) is 5.56 Å². The number of carbonyl (C=O) groups is 1. The Kier molecular flexibility index (Phi) is 4.01. The van der Waals surface area contributed by atoms with E-state index >= 15 is 0 Å². The van der Waals surface area contributed by atoms with Gasteiger partial charge in [0.1, 0.15) is 18.7 Å². The monoisotopic (exact) mass is 338 g/mol. The fraction of sp³-hybridized carbons (Fsp3) is 0.353. The highest BCUT2D eigenvalue weighted by molar-refractivity contribution is 5.79. The van der Waals surface area contributed by atoms with Crippen molar-refractivity contribution in [1.82, 2.24) is 29.6 Å². The number of aromatic nitrogens is 5. The number of aromatic amines is 1. The first-order valence-electron chi connectivity index (χ1n) is 8.29. The van der Waals surface area contributed by atoms with Gasteiger partial charge >= 0.3 is 0 Å². The average Bonchev–Trinajstić information content (AvgIpc) is 3.19. The molecule has 0 saturated carbocycles. The number of H-pyrrole nitrogens is 1. The van der Waals surface area contributed by atoms with E-state index < -0.39 is 0 Å². The largest absolute Gasteiger partial charge is 0.340 e. The molecule has 0 spiro atoms. The summed E-state index contributed by atoms with van der Waals surface area (Å²) in [7, 11) is 0. The standard InChI is InChI=1S/C17H18N6O2/c24-15(22-7-3-4-12(8-22)16-18-10-20-21-16)9-23-11-19-14-6-2-1-5-13(14)17(23)25/h1-2,5-6,10-12H,3-4,7-9H2,(H,18,20,21)/t12-/m0/s1. The highest BCUT2D eigenvalue weighted by atomic mass is 16.2. The van der Waals surface area contributed by atoms with Crippen molar-refractivity contribution in [2.24, 2.45) is 0 Å². The number of nitrogens with one attached hydrogen (secondary N) is 1. The molecule has 1 aliphatic heterocycles. The molecule has 1 aromatic carbocycles. The smallest absolute Gasteiger partial charge is 0.261 e. The SMILES string of the molecule is O=C(Cn1cnc2ccccc2c1=O)N1CCC[C@H](c2ncn[nH]2)C1. The normalized spacial score (nSPS) is 17.8. The minimum absolute atomic E-state index is 0.000206. The molecule has 0 unspecified atom stereocenters. The van der Waals surface area contributed by atoms with E-state index in [1.54, 1.807) is 23.1 Å². The van der Waals surface area contributed by atoms with Crippen molar-refractivity contribution in [1.29, 1.82) is 0 Å². The first-order chi connectivity index (χ1) is 12.2. The van der Waals surface area contributed by atoms with Gasteiger partial charge < -0.3 is 4.90 Å². The van der Waals surface area contributed by atoms with Gasteiger partial charge in [0.05, 0.1) is 17.2 Å². The molecule has 1 aliphatic rings. The van der Waals surface area contributed by atoms with Gasteiger partial charge in [-0.2, -0.15) is 5.10 Å². The first-order valence-corrected chi connectivity index (χ1v) is 8.29. The van der Waals surface area contributed by atoms with Crippen LogP contribution in [0.5, 0.6) is 0 Å². The van der Waals surface area contributed by atoms with Crippen molar-refractivity contribution in [2.45, 2.75) is 25.3 Å². The zero-order chi connectivity index (χ0) is 17.2. The van der Waals surface area contributed by atoms with Gasteiger partial charge in [0.2, 0.25) is 5.91 Å². The zero-order valence-electron chi connectivity index (χ0n) is 13.6. The second-order valence-electron chi connectivity index (χ2n) is 6.24. The van der Waals surface area contributed by atoms with Crippen LogP contribution in [0.3, 0.4) is 0 Å². The number of fused-ring (bicyclic) bond motifs is 1. The fourth-order valence-corrected chi connectivity index (χ4v) is 3.30. The third-order valence-corrected chi connectivity index (χ3v) is 4.63. The summed E-state index contributed by atoms with van der Waals surface area (Å²) >= 11 is 0.